The number of aromatic nitrogens is 2. The first kappa shape index (κ1) is 20.3. The van der Waals surface area contributed by atoms with Gasteiger partial charge in [-0.3, -0.25) is 4.79 Å². The van der Waals surface area contributed by atoms with Gasteiger partial charge in [-0.1, -0.05) is 12.1 Å². The predicted octanol–water partition coefficient (Wildman–Crippen LogP) is 2.65. The molecule has 0 spiro atoms. The monoisotopic (exact) mass is 413 g/mol. The highest BCUT2D eigenvalue weighted by atomic mass is 16.5. The van der Waals surface area contributed by atoms with Crippen molar-refractivity contribution >= 4 is 5.91 Å². The molecule has 2 aliphatic rings. The summed E-state index contributed by atoms with van der Waals surface area (Å²) in [7, 11) is 1.52. The van der Waals surface area contributed by atoms with Crippen LogP contribution in [0.25, 0.3) is 0 Å². The average molecular weight is 413 g/mol. The van der Waals surface area contributed by atoms with Crippen molar-refractivity contribution in [1.29, 1.82) is 0 Å². The molecule has 2 aromatic rings. The second kappa shape index (κ2) is 8.38. The van der Waals surface area contributed by atoms with Crippen molar-refractivity contribution in [2.45, 2.75) is 44.8 Å². The molecule has 0 N–H and O–H groups in total. The molecule has 1 fully saturated rings. The molecule has 8 nitrogen and oxygen atoms in total. The Hall–Kier alpha value is -3.03. The van der Waals surface area contributed by atoms with Gasteiger partial charge < -0.3 is 23.8 Å². The average Bonchev–Trinajstić information content (AvgIpc) is 3.07. The Morgan fingerprint density at radius 3 is 2.87 bits per heavy atom. The molecular weight excluding hydrogens is 386 g/mol. The van der Waals surface area contributed by atoms with Crippen LogP contribution in [0.1, 0.15) is 32.3 Å². The number of nitrogens with zero attached hydrogens (tertiary/aromatic N) is 3. The molecule has 1 amide bonds. The van der Waals surface area contributed by atoms with E-state index in [1.54, 1.807) is 17.3 Å². The van der Waals surface area contributed by atoms with Gasteiger partial charge in [0.1, 0.15) is 11.7 Å². The van der Waals surface area contributed by atoms with E-state index in [-0.39, 0.29) is 24.2 Å². The highest BCUT2D eigenvalue weighted by Gasteiger charge is 2.33. The molecule has 3 heterocycles. The summed E-state index contributed by atoms with van der Waals surface area (Å²) in [5.41, 5.74) is 0.847. The molecule has 1 aromatic carbocycles. The Labute approximate surface area is 176 Å². The van der Waals surface area contributed by atoms with Crippen molar-refractivity contribution in [2.75, 3.05) is 26.8 Å². The second-order valence-electron chi connectivity index (χ2n) is 8.16. The Morgan fingerprint density at radius 1 is 1.27 bits per heavy atom. The molecule has 8 heteroatoms. The number of piperidine rings is 1. The summed E-state index contributed by atoms with van der Waals surface area (Å²) in [6.45, 7) is 5.19. The zero-order valence-corrected chi connectivity index (χ0v) is 17.6. The van der Waals surface area contributed by atoms with E-state index in [1.807, 2.05) is 32.0 Å². The molecule has 0 saturated carbocycles. The molecular formula is C22H27N3O5. The number of amides is 1. The summed E-state index contributed by atoms with van der Waals surface area (Å²) in [5, 5.41) is 0. The van der Waals surface area contributed by atoms with Crippen LogP contribution in [0, 0.1) is 0 Å². The molecule has 0 radical (unpaired) electrons. The quantitative estimate of drug-likeness (QED) is 0.720. The number of para-hydroxylation sites is 1. The number of rotatable bonds is 6. The van der Waals surface area contributed by atoms with Crippen molar-refractivity contribution in [3.63, 3.8) is 0 Å². The molecule has 1 saturated heterocycles. The summed E-state index contributed by atoms with van der Waals surface area (Å²) in [5.74, 6) is 1.95. The fourth-order valence-electron chi connectivity index (χ4n) is 3.88. The zero-order valence-electron chi connectivity index (χ0n) is 17.6. The lowest BCUT2D eigenvalue weighted by Crippen LogP contribution is -2.46. The topological polar surface area (TPSA) is 83.0 Å². The zero-order chi connectivity index (χ0) is 21.1. The number of ether oxygens (including phenoxy) is 4. The van der Waals surface area contributed by atoms with Crippen molar-refractivity contribution in [3.8, 4) is 23.3 Å². The van der Waals surface area contributed by atoms with Gasteiger partial charge in [-0.2, -0.15) is 0 Å². The van der Waals surface area contributed by atoms with E-state index in [4.69, 9.17) is 18.9 Å². The van der Waals surface area contributed by atoms with Crippen LogP contribution in [0.3, 0.4) is 0 Å². The fourth-order valence-corrected chi connectivity index (χ4v) is 3.88. The van der Waals surface area contributed by atoms with E-state index in [9.17, 15) is 4.79 Å². The number of hydrogen-bond donors (Lipinski definition) is 0. The van der Waals surface area contributed by atoms with E-state index >= 15 is 0 Å². The molecule has 4 rings (SSSR count). The van der Waals surface area contributed by atoms with Gasteiger partial charge >= 0.3 is 0 Å². The largest absolute Gasteiger partial charge is 0.483 e. The van der Waals surface area contributed by atoms with Gasteiger partial charge in [0.2, 0.25) is 0 Å². The molecule has 160 valence electrons. The number of benzene rings is 1. The summed E-state index contributed by atoms with van der Waals surface area (Å²) in [6.07, 6.45) is 5.43. The standard InChI is InChI=1S/C22H27N3O5/c1-22(2)12-15-6-4-8-17(19(15)30-22)28-14-18(26)25-11-5-7-16(13-25)29-21-20(27-3)23-9-10-24-21/h4,6,8-10,16H,5,7,11-14H2,1-3H3. The van der Waals surface area contributed by atoms with Gasteiger partial charge in [0, 0.05) is 30.9 Å². The number of hydrogen-bond acceptors (Lipinski definition) is 7. The minimum atomic E-state index is -0.259. The van der Waals surface area contributed by atoms with Crippen molar-refractivity contribution in [2.24, 2.45) is 0 Å². The van der Waals surface area contributed by atoms with Gasteiger partial charge in [0.15, 0.2) is 18.1 Å². The molecule has 1 aromatic heterocycles. The van der Waals surface area contributed by atoms with Crippen LogP contribution in [0.5, 0.6) is 23.3 Å². The molecule has 1 atom stereocenters. The number of methoxy groups -OCH3 is 1. The van der Waals surface area contributed by atoms with Crippen LogP contribution in [0.4, 0.5) is 0 Å². The lowest BCUT2D eigenvalue weighted by Gasteiger charge is -2.32. The van der Waals surface area contributed by atoms with Crippen molar-refractivity contribution in [1.82, 2.24) is 14.9 Å². The summed E-state index contributed by atoms with van der Waals surface area (Å²) in [6, 6.07) is 5.81. The van der Waals surface area contributed by atoms with E-state index < -0.39 is 0 Å². The maximum Gasteiger partial charge on any atom is 0.278 e. The van der Waals surface area contributed by atoms with E-state index in [0.717, 1.165) is 30.6 Å². The second-order valence-corrected chi connectivity index (χ2v) is 8.16. The van der Waals surface area contributed by atoms with Gasteiger partial charge in [0.05, 0.1) is 13.7 Å². The third-order valence-corrected chi connectivity index (χ3v) is 5.24. The lowest BCUT2D eigenvalue weighted by molar-refractivity contribution is -0.136. The molecule has 1 unspecified atom stereocenters. The minimum absolute atomic E-state index is 0.0403. The van der Waals surface area contributed by atoms with E-state index in [2.05, 4.69) is 9.97 Å². The van der Waals surface area contributed by atoms with Crippen LogP contribution < -0.4 is 18.9 Å². The number of carbonyl (C=O) groups is 1. The Balaban J connectivity index is 1.35. The minimum Gasteiger partial charge on any atom is -0.483 e. The van der Waals surface area contributed by atoms with Crippen LogP contribution in [-0.4, -0.2) is 59.3 Å². The smallest absolute Gasteiger partial charge is 0.278 e. The van der Waals surface area contributed by atoms with Gasteiger partial charge in [0.25, 0.3) is 17.7 Å². The molecule has 0 bridgehead atoms. The summed E-state index contributed by atoms with van der Waals surface area (Å²) < 4.78 is 23.0. The maximum absolute atomic E-state index is 12.8. The fraction of sp³-hybridized carbons (Fsp3) is 0.500. The van der Waals surface area contributed by atoms with Gasteiger partial charge in [-0.25, -0.2) is 9.97 Å². The van der Waals surface area contributed by atoms with Crippen LogP contribution >= 0.6 is 0 Å². The highest BCUT2D eigenvalue weighted by Crippen LogP contribution is 2.41. The number of carbonyl (C=O) groups excluding carboxylic acids is 1. The predicted molar refractivity (Wildman–Crippen MR) is 109 cm³/mol. The summed E-state index contributed by atoms with van der Waals surface area (Å²) >= 11 is 0. The van der Waals surface area contributed by atoms with Crippen LogP contribution in [0.2, 0.25) is 0 Å². The number of likely N-dealkylation sites (tertiary alicyclic amines) is 1. The summed E-state index contributed by atoms with van der Waals surface area (Å²) in [4.78, 5) is 22.8. The van der Waals surface area contributed by atoms with Gasteiger partial charge in [-0.15, -0.1) is 0 Å². The van der Waals surface area contributed by atoms with Crippen molar-refractivity contribution < 1.29 is 23.7 Å². The maximum atomic E-state index is 12.8. The Morgan fingerprint density at radius 2 is 2.07 bits per heavy atom. The lowest BCUT2D eigenvalue weighted by atomic mass is 10.0. The van der Waals surface area contributed by atoms with Crippen LogP contribution in [0.15, 0.2) is 30.6 Å². The third kappa shape index (κ3) is 4.42. The SMILES string of the molecule is COc1nccnc1OC1CCCN(C(=O)COc2cccc3c2OC(C)(C)C3)C1. The Kier molecular flexibility index (Phi) is 5.65. The first-order chi connectivity index (χ1) is 14.4. The van der Waals surface area contributed by atoms with E-state index in [1.165, 1.54) is 7.11 Å². The highest BCUT2D eigenvalue weighted by molar-refractivity contribution is 5.78. The first-order valence-electron chi connectivity index (χ1n) is 10.2. The Bertz CT molecular complexity index is 917. The van der Waals surface area contributed by atoms with Gasteiger partial charge in [-0.05, 0) is 32.8 Å². The van der Waals surface area contributed by atoms with E-state index in [0.29, 0.717) is 30.6 Å². The normalized spacial score (nSPS) is 19.6. The molecule has 2 aliphatic heterocycles. The first-order valence-corrected chi connectivity index (χ1v) is 10.2. The molecule has 0 aliphatic carbocycles. The third-order valence-electron chi connectivity index (χ3n) is 5.24. The number of fused-ring (bicyclic) bond motifs is 1. The molecule has 30 heavy (non-hydrogen) atoms. The van der Waals surface area contributed by atoms with Crippen LogP contribution in [-0.2, 0) is 11.2 Å². The van der Waals surface area contributed by atoms with Crippen molar-refractivity contribution in [3.05, 3.63) is 36.2 Å².